The van der Waals surface area contributed by atoms with Crippen molar-refractivity contribution >= 4 is 17.2 Å². The fraction of sp³-hybridized carbons (Fsp3) is 0.500. The minimum atomic E-state index is 0.743. The monoisotopic (exact) mass is 263 g/mol. The van der Waals surface area contributed by atoms with Crippen LogP contribution in [0.2, 0.25) is 5.02 Å². The molecule has 1 nitrogen and oxygen atoms in total. The van der Waals surface area contributed by atoms with Gasteiger partial charge in [0.1, 0.15) is 0 Å². The molecule has 0 bridgehead atoms. The summed E-state index contributed by atoms with van der Waals surface area (Å²) in [5.41, 5.74) is 4.10. The highest BCUT2D eigenvalue weighted by Crippen LogP contribution is 2.27. The van der Waals surface area contributed by atoms with Crippen LogP contribution in [0.15, 0.2) is 24.3 Å². The van der Waals surface area contributed by atoms with Crippen LogP contribution in [0.3, 0.4) is 0 Å². The molecule has 1 aliphatic rings. The topological polar surface area (TPSA) is 3.24 Å². The summed E-state index contributed by atoms with van der Waals surface area (Å²) in [4.78, 5) is 2.52. The summed E-state index contributed by atoms with van der Waals surface area (Å²) in [5, 5.41) is 0.834. The van der Waals surface area contributed by atoms with Crippen molar-refractivity contribution in [3.8, 4) is 0 Å². The number of nitrogens with zero attached hydrogens (tertiary/aromatic N) is 1. The van der Waals surface area contributed by atoms with Gasteiger partial charge in [-0.3, -0.25) is 4.90 Å². The summed E-state index contributed by atoms with van der Waals surface area (Å²) in [6, 6.07) is 6.18. The largest absolute Gasteiger partial charge is 0.299 e. The second-order valence-corrected chi connectivity index (χ2v) is 6.03. The van der Waals surface area contributed by atoms with E-state index in [9.17, 15) is 0 Å². The Balaban J connectivity index is 2.11. The number of hydrogen-bond donors (Lipinski definition) is 0. The van der Waals surface area contributed by atoms with Gasteiger partial charge in [0, 0.05) is 24.7 Å². The Morgan fingerprint density at radius 2 is 2.11 bits per heavy atom. The second-order valence-electron chi connectivity index (χ2n) is 5.59. The molecule has 0 aromatic heterocycles. The molecule has 0 spiro atoms. The number of aryl methyl sites for hydroxylation is 1. The van der Waals surface area contributed by atoms with E-state index in [0.717, 1.165) is 30.5 Å². The molecule has 1 aliphatic heterocycles. The van der Waals surface area contributed by atoms with Crippen LogP contribution in [-0.2, 0) is 0 Å². The van der Waals surface area contributed by atoms with Gasteiger partial charge in [-0.25, -0.2) is 0 Å². The zero-order valence-corrected chi connectivity index (χ0v) is 12.3. The molecule has 0 saturated carbocycles. The first-order valence-corrected chi connectivity index (χ1v) is 7.12. The lowest BCUT2D eigenvalue weighted by atomic mass is 9.95. The molecule has 1 heterocycles. The molecule has 0 aliphatic carbocycles. The van der Waals surface area contributed by atoms with Crippen LogP contribution in [0.1, 0.15) is 31.4 Å². The molecule has 0 N–H and O–H groups in total. The van der Waals surface area contributed by atoms with Crippen molar-refractivity contribution in [1.82, 2.24) is 4.90 Å². The Morgan fingerprint density at radius 1 is 1.33 bits per heavy atom. The van der Waals surface area contributed by atoms with E-state index in [0.29, 0.717) is 0 Å². The maximum Gasteiger partial charge on any atom is 0.0412 e. The zero-order valence-electron chi connectivity index (χ0n) is 11.5. The van der Waals surface area contributed by atoms with Crippen molar-refractivity contribution < 1.29 is 0 Å². The van der Waals surface area contributed by atoms with Crippen LogP contribution in [-0.4, -0.2) is 24.5 Å². The molecule has 0 amide bonds. The first-order chi connectivity index (χ1) is 8.56. The highest BCUT2D eigenvalue weighted by molar-refractivity contribution is 6.30. The van der Waals surface area contributed by atoms with Crippen LogP contribution in [0.25, 0.3) is 5.57 Å². The molecule has 1 aromatic carbocycles. The minimum absolute atomic E-state index is 0.743. The zero-order chi connectivity index (χ0) is 13.1. The van der Waals surface area contributed by atoms with Gasteiger partial charge in [-0.1, -0.05) is 37.6 Å². The summed E-state index contributed by atoms with van der Waals surface area (Å²) in [7, 11) is 0. The summed E-state index contributed by atoms with van der Waals surface area (Å²) in [6.07, 6.45) is 3.50. The lowest BCUT2D eigenvalue weighted by molar-refractivity contribution is 0.268. The fourth-order valence-corrected chi connectivity index (χ4v) is 2.75. The molecule has 0 saturated heterocycles. The highest BCUT2D eigenvalue weighted by atomic mass is 35.5. The predicted octanol–water partition coefficient (Wildman–Crippen LogP) is 4.39. The summed E-state index contributed by atoms with van der Waals surface area (Å²) < 4.78 is 0. The Bertz CT molecular complexity index is 448. The van der Waals surface area contributed by atoms with E-state index in [2.05, 4.69) is 43.9 Å². The molecule has 0 atom stereocenters. The molecule has 98 valence electrons. The van der Waals surface area contributed by atoms with E-state index in [1.807, 2.05) is 6.07 Å². The maximum absolute atomic E-state index is 6.10. The van der Waals surface area contributed by atoms with Crippen LogP contribution in [0.5, 0.6) is 0 Å². The Labute approximate surface area is 115 Å². The van der Waals surface area contributed by atoms with Gasteiger partial charge in [-0.05, 0) is 48.1 Å². The van der Waals surface area contributed by atoms with Gasteiger partial charge in [-0.2, -0.15) is 0 Å². The van der Waals surface area contributed by atoms with Crippen LogP contribution in [0.4, 0.5) is 0 Å². The van der Waals surface area contributed by atoms with E-state index < -0.39 is 0 Å². The predicted molar refractivity (Wildman–Crippen MR) is 80.1 cm³/mol. The third-order valence-electron chi connectivity index (χ3n) is 3.46. The Kier molecular flexibility index (Phi) is 4.47. The van der Waals surface area contributed by atoms with Crippen molar-refractivity contribution in [2.75, 3.05) is 19.6 Å². The molecule has 2 heteroatoms. The molecular weight excluding hydrogens is 242 g/mol. The first kappa shape index (κ1) is 13.6. The number of benzene rings is 1. The third kappa shape index (κ3) is 3.37. The van der Waals surface area contributed by atoms with Gasteiger partial charge in [0.25, 0.3) is 0 Å². The average molecular weight is 264 g/mol. The number of rotatable bonds is 3. The molecule has 1 aromatic rings. The van der Waals surface area contributed by atoms with Crippen LogP contribution in [0, 0.1) is 12.8 Å². The van der Waals surface area contributed by atoms with Gasteiger partial charge >= 0.3 is 0 Å². The maximum atomic E-state index is 6.10. The second kappa shape index (κ2) is 5.90. The van der Waals surface area contributed by atoms with E-state index in [4.69, 9.17) is 11.6 Å². The number of hydrogen-bond acceptors (Lipinski definition) is 1. The fourth-order valence-electron chi connectivity index (χ4n) is 2.58. The third-order valence-corrected chi connectivity index (χ3v) is 3.70. The molecule has 2 rings (SSSR count). The van der Waals surface area contributed by atoms with Gasteiger partial charge < -0.3 is 0 Å². The van der Waals surface area contributed by atoms with Gasteiger partial charge in [0.2, 0.25) is 0 Å². The van der Waals surface area contributed by atoms with E-state index in [1.54, 1.807) is 0 Å². The van der Waals surface area contributed by atoms with Crippen molar-refractivity contribution in [2.24, 2.45) is 5.92 Å². The quantitative estimate of drug-likeness (QED) is 0.782. The molecule has 18 heavy (non-hydrogen) atoms. The van der Waals surface area contributed by atoms with Crippen molar-refractivity contribution in [1.29, 1.82) is 0 Å². The average Bonchev–Trinajstić information content (AvgIpc) is 2.33. The highest BCUT2D eigenvalue weighted by Gasteiger charge is 2.15. The minimum Gasteiger partial charge on any atom is -0.299 e. The van der Waals surface area contributed by atoms with Crippen molar-refractivity contribution in [3.05, 3.63) is 40.4 Å². The summed E-state index contributed by atoms with van der Waals surface area (Å²) in [6.45, 7) is 10.1. The molecule has 0 radical (unpaired) electrons. The lowest BCUT2D eigenvalue weighted by Gasteiger charge is -2.28. The smallest absolute Gasteiger partial charge is 0.0412 e. The lowest BCUT2D eigenvalue weighted by Crippen LogP contribution is -2.31. The van der Waals surface area contributed by atoms with Crippen LogP contribution < -0.4 is 0 Å². The summed E-state index contributed by atoms with van der Waals surface area (Å²) >= 11 is 6.10. The Morgan fingerprint density at radius 3 is 2.72 bits per heavy atom. The Hall–Kier alpha value is -0.790. The van der Waals surface area contributed by atoms with Crippen molar-refractivity contribution in [2.45, 2.75) is 27.2 Å². The van der Waals surface area contributed by atoms with E-state index >= 15 is 0 Å². The molecule has 0 fully saturated rings. The standard InChI is InChI=1S/C16H22ClN/c1-12(2)11-18-8-6-14(7-9-18)16-10-15(17)5-4-13(16)3/h4-6,10,12H,7-9,11H2,1-3H3. The van der Waals surface area contributed by atoms with E-state index in [-0.39, 0.29) is 0 Å². The SMILES string of the molecule is Cc1ccc(Cl)cc1C1=CCN(CC(C)C)CC1. The van der Waals surface area contributed by atoms with Gasteiger partial charge in [0.05, 0.1) is 0 Å². The molecule has 0 unspecified atom stereocenters. The van der Waals surface area contributed by atoms with Crippen molar-refractivity contribution in [3.63, 3.8) is 0 Å². The normalized spacial score (nSPS) is 17.1. The molecular formula is C16H22ClN. The van der Waals surface area contributed by atoms with Gasteiger partial charge in [0.15, 0.2) is 0 Å². The van der Waals surface area contributed by atoms with E-state index in [1.165, 1.54) is 23.2 Å². The van der Waals surface area contributed by atoms with Gasteiger partial charge in [-0.15, -0.1) is 0 Å². The first-order valence-electron chi connectivity index (χ1n) is 6.74. The van der Waals surface area contributed by atoms with Crippen LogP contribution >= 0.6 is 11.6 Å². The number of halogens is 1. The summed E-state index contributed by atoms with van der Waals surface area (Å²) in [5.74, 6) is 0.743.